The molecule has 0 aromatic heterocycles. The lowest BCUT2D eigenvalue weighted by atomic mass is 10.1. The molecule has 1 unspecified atom stereocenters. The Bertz CT molecular complexity index is 127. The van der Waals surface area contributed by atoms with Gasteiger partial charge in [0.1, 0.15) is 0 Å². The second-order valence-corrected chi connectivity index (χ2v) is 7.61. The normalized spacial score (nSPS) is 14.4. The van der Waals surface area contributed by atoms with Gasteiger partial charge in [-0.15, -0.1) is 0 Å². The first-order chi connectivity index (χ1) is 6.45. The van der Waals surface area contributed by atoms with Crippen molar-refractivity contribution in [2.45, 2.75) is 44.8 Å². The van der Waals surface area contributed by atoms with E-state index in [9.17, 15) is 0 Å². The van der Waals surface area contributed by atoms with Crippen molar-refractivity contribution < 1.29 is 0 Å². The summed E-state index contributed by atoms with van der Waals surface area (Å²) in [7, 11) is 0. The topological polar surface area (TPSA) is 0 Å². The molecular formula is C12H25S2. The molecule has 14 heavy (non-hydrogen) atoms. The predicted molar refractivity (Wildman–Crippen MR) is 73.3 cm³/mol. The molecule has 0 aliphatic rings. The largest absolute Gasteiger partial charge is 0.165 e. The lowest BCUT2D eigenvalue weighted by Crippen LogP contribution is -2.11. The van der Waals surface area contributed by atoms with Gasteiger partial charge in [-0.05, 0) is 43.4 Å². The highest BCUT2D eigenvalue weighted by molar-refractivity contribution is 8.00. The Kier molecular flexibility index (Phi) is 8.32. The minimum Gasteiger partial charge on any atom is -0.165 e. The second-order valence-electron chi connectivity index (χ2n) is 4.78. The third-order valence-electron chi connectivity index (χ3n) is 1.96. The van der Waals surface area contributed by atoms with Crippen LogP contribution in [0.3, 0.4) is 0 Å². The number of hydrogen-bond acceptors (Lipinski definition) is 2. The molecule has 0 rings (SSSR count). The van der Waals surface area contributed by atoms with Gasteiger partial charge < -0.3 is 0 Å². The fourth-order valence-corrected chi connectivity index (χ4v) is 2.53. The molecule has 0 aliphatic carbocycles. The highest BCUT2D eigenvalue weighted by Gasteiger charge is 2.12. The average molecular weight is 233 g/mol. The molecular weight excluding hydrogens is 208 g/mol. The number of hydrogen-bond donors (Lipinski definition) is 0. The van der Waals surface area contributed by atoms with E-state index in [1.165, 1.54) is 30.8 Å². The van der Waals surface area contributed by atoms with Gasteiger partial charge in [0.25, 0.3) is 0 Å². The second kappa shape index (κ2) is 7.92. The van der Waals surface area contributed by atoms with Crippen molar-refractivity contribution in [2.24, 2.45) is 5.92 Å². The summed E-state index contributed by atoms with van der Waals surface area (Å²) in [6.45, 7) is 11.0. The van der Waals surface area contributed by atoms with Crippen molar-refractivity contribution >= 4 is 23.5 Å². The van der Waals surface area contributed by atoms with Gasteiger partial charge >= 0.3 is 0 Å². The maximum Gasteiger partial charge on any atom is 0.00751 e. The Balaban J connectivity index is 3.32. The standard InChI is InChI=1S/C12H25S2/c1-11(8-6-7-9-13-5)10-14-12(2,3)4/h11H,1,6-10H2,2-5H3. The predicted octanol–water partition coefficient (Wildman–Crippen LogP) is 4.50. The zero-order valence-electron chi connectivity index (χ0n) is 10.1. The summed E-state index contributed by atoms with van der Waals surface area (Å²) >= 11 is 3.98. The summed E-state index contributed by atoms with van der Waals surface area (Å²) in [5, 5.41) is 0. The van der Waals surface area contributed by atoms with E-state index < -0.39 is 0 Å². The molecule has 0 N–H and O–H groups in total. The Morgan fingerprint density at radius 1 is 1.21 bits per heavy atom. The van der Waals surface area contributed by atoms with Gasteiger partial charge in [0.05, 0.1) is 0 Å². The number of unbranched alkanes of at least 4 members (excludes halogenated alkanes) is 1. The molecule has 0 saturated heterocycles. The van der Waals surface area contributed by atoms with Gasteiger partial charge in [0.15, 0.2) is 0 Å². The van der Waals surface area contributed by atoms with Gasteiger partial charge in [0.2, 0.25) is 0 Å². The van der Waals surface area contributed by atoms with E-state index in [-0.39, 0.29) is 0 Å². The van der Waals surface area contributed by atoms with E-state index in [0.29, 0.717) is 10.7 Å². The van der Waals surface area contributed by atoms with Gasteiger partial charge in [-0.25, -0.2) is 0 Å². The molecule has 0 spiro atoms. The van der Waals surface area contributed by atoms with Crippen molar-refractivity contribution in [1.82, 2.24) is 0 Å². The van der Waals surface area contributed by atoms with Gasteiger partial charge in [-0.3, -0.25) is 0 Å². The molecule has 0 nitrogen and oxygen atoms in total. The van der Waals surface area contributed by atoms with Gasteiger partial charge in [-0.1, -0.05) is 27.2 Å². The van der Waals surface area contributed by atoms with Crippen molar-refractivity contribution in [3.63, 3.8) is 0 Å². The summed E-state index contributed by atoms with van der Waals surface area (Å²) in [6.07, 6.45) is 6.17. The molecule has 1 radical (unpaired) electrons. The third-order valence-corrected chi connectivity index (χ3v) is 4.16. The number of thioether (sulfide) groups is 2. The summed E-state index contributed by atoms with van der Waals surface area (Å²) in [4.78, 5) is 0. The monoisotopic (exact) mass is 233 g/mol. The van der Waals surface area contributed by atoms with Crippen molar-refractivity contribution in [1.29, 1.82) is 0 Å². The van der Waals surface area contributed by atoms with Crippen molar-refractivity contribution in [3.8, 4) is 0 Å². The van der Waals surface area contributed by atoms with Crippen LogP contribution in [-0.4, -0.2) is 22.5 Å². The molecule has 85 valence electrons. The first kappa shape index (κ1) is 14.7. The summed E-state index contributed by atoms with van der Waals surface area (Å²) < 4.78 is 0.398. The highest BCUT2D eigenvalue weighted by atomic mass is 32.2. The van der Waals surface area contributed by atoms with Crippen LogP contribution in [0.1, 0.15) is 40.0 Å². The fraction of sp³-hybridized carbons (Fsp3) is 0.917. The molecule has 0 aromatic rings. The lowest BCUT2D eigenvalue weighted by Gasteiger charge is -2.20. The van der Waals surface area contributed by atoms with Gasteiger partial charge in [-0.2, -0.15) is 23.5 Å². The quantitative estimate of drug-likeness (QED) is 0.594. The Morgan fingerprint density at radius 2 is 1.86 bits per heavy atom. The van der Waals surface area contributed by atoms with Crippen LogP contribution in [0.25, 0.3) is 0 Å². The first-order valence-corrected chi connectivity index (χ1v) is 7.79. The molecule has 2 heteroatoms. The van der Waals surface area contributed by atoms with Crippen LogP contribution in [0.4, 0.5) is 0 Å². The molecule has 0 bridgehead atoms. The summed E-state index contributed by atoms with van der Waals surface area (Å²) in [5.74, 6) is 3.16. The van der Waals surface area contributed by atoms with Crippen molar-refractivity contribution in [2.75, 3.05) is 17.8 Å². The highest BCUT2D eigenvalue weighted by Crippen LogP contribution is 2.26. The van der Waals surface area contributed by atoms with E-state index >= 15 is 0 Å². The molecule has 0 aliphatic heterocycles. The molecule has 0 heterocycles. The minimum absolute atomic E-state index is 0.398. The van der Waals surface area contributed by atoms with Crippen LogP contribution in [-0.2, 0) is 0 Å². The maximum absolute atomic E-state index is 4.21. The maximum atomic E-state index is 4.21. The third kappa shape index (κ3) is 10.8. The fourth-order valence-electron chi connectivity index (χ4n) is 1.13. The Hall–Kier alpha value is 0.700. The van der Waals surface area contributed by atoms with Gasteiger partial charge in [0, 0.05) is 4.75 Å². The van der Waals surface area contributed by atoms with E-state index in [1.54, 1.807) is 0 Å². The minimum atomic E-state index is 0.398. The average Bonchev–Trinajstić information content (AvgIpc) is 2.08. The molecule has 0 saturated carbocycles. The van der Waals surface area contributed by atoms with E-state index in [0.717, 1.165) is 0 Å². The molecule has 0 aromatic carbocycles. The smallest absolute Gasteiger partial charge is 0.00751 e. The Morgan fingerprint density at radius 3 is 2.36 bits per heavy atom. The zero-order chi connectivity index (χ0) is 11.0. The molecule has 1 atom stereocenters. The lowest BCUT2D eigenvalue weighted by molar-refractivity contribution is 0.602. The number of rotatable bonds is 7. The van der Waals surface area contributed by atoms with Crippen LogP contribution in [0.15, 0.2) is 0 Å². The SMILES string of the molecule is [CH2]C(CCCCSC)CSC(C)(C)C. The van der Waals surface area contributed by atoms with Crippen LogP contribution < -0.4 is 0 Å². The van der Waals surface area contributed by atoms with Crippen LogP contribution >= 0.6 is 23.5 Å². The first-order valence-electron chi connectivity index (χ1n) is 5.41. The van der Waals surface area contributed by atoms with E-state index in [4.69, 9.17) is 0 Å². The Labute approximate surface area is 99.0 Å². The van der Waals surface area contributed by atoms with E-state index in [2.05, 4.69) is 34.0 Å². The molecule has 0 fully saturated rings. The summed E-state index contributed by atoms with van der Waals surface area (Å²) in [6, 6.07) is 0. The van der Waals surface area contributed by atoms with Crippen LogP contribution in [0.2, 0.25) is 0 Å². The van der Waals surface area contributed by atoms with Crippen LogP contribution in [0.5, 0.6) is 0 Å². The zero-order valence-corrected chi connectivity index (χ0v) is 11.8. The summed E-state index contributed by atoms with van der Waals surface area (Å²) in [5.41, 5.74) is 0. The molecule has 0 amide bonds. The van der Waals surface area contributed by atoms with E-state index in [1.807, 2.05) is 23.5 Å². The van der Waals surface area contributed by atoms with Crippen LogP contribution in [0, 0.1) is 12.8 Å². The van der Waals surface area contributed by atoms with Crippen molar-refractivity contribution in [3.05, 3.63) is 6.92 Å².